The van der Waals surface area contributed by atoms with Gasteiger partial charge in [-0.2, -0.15) is 0 Å². The number of amides is 1. The van der Waals surface area contributed by atoms with Crippen molar-refractivity contribution in [3.05, 3.63) is 0 Å². The zero-order valence-electron chi connectivity index (χ0n) is 11.4. The predicted molar refractivity (Wildman–Crippen MR) is 70.5 cm³/mol. The molecule has 0 radical (unpaired) electrons. The Kier molecular flexibility index (Phi) is 4.95. The number of nitrogens with zero attached hydrogens (tertiary/aromatic N) is 2. The molecule has 1 aliphatic rings. The summed E-state index contributed by atoms with van der Waals surface area (Å²) in [6.07, 6.45) is 4.59. The smallest absolute Gasteiger partial charge is 0.230 e. The minimum atomic E-state index is -0.601. The molecule has 1 saturated carbocycles. The zero-order chi connectivity index (χ0) is 13.8. The Morgan fingerprint density at radius 3 is 2.50 bits per heavy atom. The lowest BCUT2D eigenvalue weighted by Crippen LogP contribution is -2.52. The highest BCUT2D eigenvalue weighted by molar-refractivity contribution is 6.01. The first kappa shape index (κ1) is 14.8. The summed E-state index contributed by atoms with van der Waals surface area (Å²) >= 11 is 0. The van der Waals surface area contributed by atoms with Crippen LogP contribution in [0.2, 0.25) is 0 Å². The number of hydrogen-bond donors (Lipinski definition) is 3. The van der Waals surface area contributed by atoms with E-state index in [0.717, 1.165) is 12.8 Å². The van der Waals surface area contributed by atoms with Gasteiger partial charge in [0.2, 0.25) is 5.91 Å². The van der Waals surface area contributed by atoms with Gasteiger partial charge in [-0.25, -0.2) is 0 Å². The zero-order valence-corrected chi connectivity index (χ0v) is 11.4. The van der Waals surface area contributed by atoms with Crippen LogP contribution in [-0.2, 0) is 4.79 Å². The summed E-state index contributed by atoms with van der Waals surface area (Å²) in [5.74, 6) is -0.855. The number of amidine groups is 1. The van der Waals surface area contributed by atoms with Gasteiger partial charge in [0, 0.05) is 12.1 Å². The molecule has 104 valence electrons. The maximum absolute atomic E-state index is 11.9. The molecule has 18 heavy (non-hydrogen) atoms. The molecule has 6 heteroatoms. The Morgan fingerprint density at radius 1 is 1.50 bits per heavy atom. The van der Waals surface area contributed by atoms with Gasteiger partial charge >= 0.3 is 0 Å². The molecular weight excluding hydrogens is 232 g/mol. The Hall–Kier alpha value is -1.30. The van der Waals surface area contributed by atoms with Crippen molar-refractivity contribution >= 4 is 11.7 Å². The summed E-state index contributed by atoms with van der Waals surface area (Å²) in [4.78, 5) is 14.1. The van der Waals surface area contributed by atoms with Crippen molar-refractivity contribution in [3.8, 4) is 0 Å². The van der Waals surface area contributed by atoms with Crippen molar-refractivity contribution in [2.75, 3.05) is 20.6 Å². The minimum Gasteiger partial charge on any atom is -0.409 e. The molecule has 1 atom stereocenters. The highest BCUT2D eigenvalue weighted by Crippen LogP contribution is 2.33. The maximum atomic E-state index is 11.9. The molecule has 0 aromatic carbocycles. The second-order valence-corrected chi connectivity index (χ2v) is 5.29. The Bertz CT molecular complexity index is 322. The fraction of sp³-hybridized carbons (Fsp3) is 0.833. The number of carbonyl (C=O) groups is 1. The molecule has 1 unspecified atom stereocenters. The number of oxime groups is 1. The van der Waals surface area contributed by atoms with Gasteiger partial charge in [-0.15, -0.1) is 0 Å². The lowest BCUT2D eigenvalue weighted by Gasteiger charge is -2.36. The summed E-state index contributed by atoms with van der Waals surface area (Å²) in [6.45, 7) is 2.24. The highest BCUT2D eigenvalue weighted by Gasteiger charge is 2.36. The van der Waals surface area contributed by atoms with Gasteiger partial charge in [0.05, 0.1) is 5.92 Å². The molecule has 0 spiro atoms. The molecule has 0 saturated heterocycles. The SMILES string of the molecule is CC(C(=O)NCC1(N(C)C)CCCC1)C(N)=NO. The number of likely N-dealkylation sites (N-methyl/N-ethyl adjacent to an activating group) is 1. The van der Waals surface area contributed by atoms with E-state index >= 15 is 0 Å². The standard InChI is InChI=1S/C12H24N4O2/c1-9(10(13)15-18)11(17)14-8-12(16(2)3)6-4-5-7-12/h9,18H,4-8H2,1-3H3,(H2,13,15)(H,14,17). The molecule has 6 nitrogen and oxygen atoms in total. The van der Waals surface area contributed by atoms with Crippen LogP contribution in [0.25, 0.3) is 0 Å². The summed E-state index contributed by atoms with van der Waals surface area (Å²) in [7, 11) is 4.09. The van der Waals surface area contributed by atoms with E-state index in [-0.39, 0.29) is 17.3 Å². The second kappa shape index (κ2) is 6.04. The number of hydrogen-bond acceptors (Lipinski definition) is 4. The third-order valence-electron chi connectivity index (χ3n) is 4.03. The first-order valence-electron chi connectivity index (χ1n) is 6.35. The fourth-order valence-corrected chi connectivity index (χ4v) is 2.44. The van der Waals surface area contributed by atoms with Gasteiger partial charge in [-0.3, -0.25) is 4.79 Å². The molecule has 0 aromatic rings. The number of nitrogens with two attached hydrogens (primary N) is 1. The lowest BCUT2D eigenvalue weighted by atomic mass is 9.95. The Balaban J connectivity index is 2.56. The Morgan fingerprint density at radius 2 is 2.06 bits per heavy atom. The normalized spacial score (nSPS) is 21.0. The van der Waals surface area contributed by atoms with Crippen LogP contribution in [0.3, 0.4) is 0 Å². The van der Waals surface area contributed by atoms with Crippen LogP contribution in [0.15, 0.2) is 5.16 Å². The molecule has 1 amide bonds. The van der Waals surface area contributed by atoms with E-state index in [1.807, 2.05) is 14.1 Å². The lowest BCUT2D eigenvalue weighted by molar-refractivity contribution is -0.123. The van der Waals surface area contributed by atoms with Gasteiger partial charge in [0.1, 0.15) is 0 Å². The summed E-state index contributed by atoms with van der Waals surface area (Å²) in [5.41, 5.74) is 5.48. The van der Waals surface area contributed by atoms with E-state index in [9.17, 15) is 4.79 Å². The first-order chi connectivity index (χ1) is 8.43. The van der Waals surface area contributed by atoms with Gasteiger partial charge in [-0.05, 0) is 33.9 Å². The van der Waals surface area contributed by atoms with Crippen molar-refractivity contribution in [2.45, 2.75) is 38.1 Å². The third-order valence-corrected chi connectivity index (χ3v) is 4.03. The molecule has 4 N–H and O–H groups in total. The molecule has 0 heterocycles. The molecule has 0 aliphatic heterocycles. The van der Waals surface area contributed by atoms with Gasteiger partial charge < -0.3 is 21.2 Å². The third kappa shape index (κ3) is 3.13. The highest BCUT2D eigenvalue weighted by atomic mass is 16.4. The summed E-state index contributed by atoms with van der Waals surface area (Å²) in [5, 5.41) is 14.3. The maximum Gasteiger partial charge on any atom is 0.230 e. The molecule has 1 rings (SSSR count). The van der Waals surface area contributed by atoms with Crippen LogP contribution in [0.4, 0.5) is 0 Å². The minimum absolute atomic E-state index is 0.0561. The van der Waals surface area contributed by atoms with Crippen LogP contribution < -0.4 is 11.1 Å². The summed E-state index contributed by atoms with van der Waals surface area (Å²) < 4.78 is 0. The van der Waals surface area contributed by atoms with E-state index in [2.05, 4.69) is 15.4 Å². The number of nitrogens with one attached hydrogen (secondary N) is 1. The van der Waals surface area contributed by atoms with Crippen LogP contribution in [-0.4, -0.2) is 48.0 Å². The number of carbonyl (C=O) groups excluding carboxylic acids is 1. The molecule has 1 aliphatic carbocycles. The average molecular weight is 256 g/mol. The van der Waals surface area contributed by atoms with Crippen LogP contribution >= 0.6 is 0 Å². The summed E-state index contributed by atoms with van der Waals surface area (Å²) in [6, 6.07) is 0. The van der Waals surface area contributed by atoms with Gasteiger partial charge in [0.25, 0.3) is 0 Å². The average Bonchev–Trinajstić information content (AvgIpc) is 2.84. The predicted octanol–water partition coefficient (Wildman–Crippen LogP) is 0.360. The van der Waals surface area contributed by atoms with Crippen molar-refractivity contribution in [1.29, 1.82) is 0 Å². The van der Waals surface area contributed by atoms with E-state index in [1.54, 1.807) is 6.92 Å². The molecular formula is C12H24N4O2. The molecule has 0 bridgehead atoms. The van der Waals surface area contributed by atoms with Crippen LogP contribution in [0, 0.1) is 5.92 Å². The molecule has 1 fully saturated rings. The number of rotatable bonds is 5. The topological polar surface area (TPSA) is 91.0 Å². The van der Waals surface area contributed by atoms with Crippen molar-refractivity contribution in [3.63, 3.8) is 0 Å². The monoisotopic (exact) mass is 256 g/mol. The van der Waals surface area contributed by atoms with Crippen LogP contribution in [0.1, 0.15) is 32.6 Å². The second-order valence-electron chi connectivity index (χ2n) is 5.29. The van der Waals surface area contributed by atoms with Gasteiger partial charge in [0.15, 0.2) is 5.84 Å². The van der Waals surface area contributed by atoms with E-state index in [0.29, 0.717) is 6.54 Å². The van der Waals surface area contributed by atoms with E-state index in [1.165, 1.54) is 12.8 Å². The van der Waals surface area contributed by atoms with E-state index in [4.69, 9.17) is 10.9 Å². The largest absolute Gasteiger partial charge is 0.409 e. The Labute approximate surface area is 108 Å². The van der Waals surface area contributed by atoms with Crippen molar-refractivity contribution in [1.82, 2.24) is 10.2 Å². The van der Waals surface area contributed by atoms with Crippen molar-refractivity contribution < 1.29 is 10.0 Å². The van der Waals surface area contributed by atoms with E-state index < -0.39 is 5.92 Å². The molecule has 0 aromatic heterocycles. The van der Waals surface area contributed by atoms with Crippen LogP contribution in [0.5, 0.6) is 0 Å². The first-order valence-corrected chi connectivity index (χ1v) is 6.35. The van der Waals surface area contributed by atoms with Crippen molar-refractivity contribution in [2.24, 2.45) is 16.8 Å². The quantitative estimate of drug-likeness (QED) is 0.287. The fourth-order valence-electron chi connectivity index (χ4n) is 2.44. The van der Waals surface area contributed by atoms with Gasteiger partial charge in [-0.1, -0.05) is 18.0 Å².